The molecule has 0 radical (unpaired) electrons. The third-order valence-electron chi connectivity index (χ3n) is 11.9. The van der Waals surface area contributed by atoms with Crippen molar-refractivity contribution in [2.24, 2.45) is 17.3 Å². The summed E-state index contributed by atoms with van der Waals surface area (Å²) in [5, 5.41) is 24.1. The van der Waals surface area contributed by atoms with Crippen LogP contribution >= 0.6 is 0 Å². The first-order chi connectivity index (χ1) is 19.9. The predicted molar refractivity (Wildman–Crippen MR) is 147 cm³/mol. The molecule has 9 heteroatoms. The van der Waals surface area contributed by atoms with Gasteiger partial charge >= 0.3 is 6.08 Å². The smallest absolute Gasteiger partial charge is 0.301 e. The molecule has 3 saturated carbocycles. The number of fused-ring (bicyclic) bond motifs is 4. The van der Waals surface area contributed by atoms with Crippen LogP contribution in [0.4, 0.5) is 13.2 Å². The molecule has 4 aliphatic carbocycles. The van der Waals surface area contributed by atoms with Crippen molar-refractivity contribution < 1.29 is 42.3 Å². The van der Waals surface area contributed by atoms with E-state index in [1.807, 2.05) is 26.0 Å². The largest absolute Gasteiger partial charge is 0.389 e. The third kappa shape index (κ3) is 4.29. The van der Waals surface area contributed by atoms with E-state index in [-0.39, 0.29) is 24.2 Å². The van der Waals surface area contributed by atoms with Crippen LogP contribution in [0.1, 0.15) is 88.7 Å². The molecule has 1 aromatic rings. The molecule has 7 rings (SSSR count). The first kappa shape index (κ1) is 29.0. The lowest BCUT2D eigenvalue weighted by atomic mass is 9.49. The lowest BCUT2D eigenvalue weighted by molar-refractivity contribution is -0.208. The summed E-state index contributed by atoms with van der Waals surface area (Å²) < 4.78 is 64.8. The SMILES string of the molecule is CC1(c2ccc([C@H]3C[C@@]4(C)[C@@H](CC[C@@]4(O)CC(F)=C(F)F)[C@@H]4CC[C@@]5(O)CC6(CCC5=C43)OCCO6)cc2)OCCO1. The number of rotatable bonds is 4. The van der Waals surface area contributed by atoms with Crippen molar-refractivity contribution in [2.75, 3.05) is 26.4 Å². The van der Waals surface area contributed by atoms with E-state index in [0.29, 0.717) is 71.4 Å². The van der Waals surface area contributed by atoms with Gasteiger partial charge in [-0.1, -0.05) is 36.8 Å². The number of ether oxygens (including phenoxy) is 4. The maximum Gasteiger partial charge on any atom is 0.301 e. The van der Waals surface area contributed by atoms with Crippen LogP contribution in [0.25, 0.3) is 0 Å². The number of halogens is 3. The number of allylic oxidation sites excluding steroid dienone is 1. The van der Waals surface area contributed by atoms with Gasteiger partial charge in [0.25, 0.3) is 0 Å². The molecule has 1 aromatic carbocycles. The average molecular weight is 591 g/mol. The monoisotopic (exact) mass is 590 g/mol. The molecule has 5 fully saturated rings. The molecular formula is C33H41F3O6. The zero-order valence-corrected chi connectivity index (χ0v) is 24.4. The van der Waals surface area contributed by atoms with Crippen LogP contribution in [-0.2, 0) is 24.7 Å². The van der Waals surface area contributed by atoms with Crippen molar-refractivity contribution in [2.45, 2.75) is 100 Å². The Bertz CT molecular complexity index is 1300. The Morgan fingerprint density at radius 2 is 1.55 bits per heavy atom. The summed E-state index contributed by atoms with van der Waals surface area (Å²) in [5.74, 6) is -3.22. The number of aliphatic hydroxyl groups is 2. The van der Waals surface area contributed by atoms with Crippen LogP contribution in [0.5, 0.6) is 0 Å². The van der Waals surface area contributed by atoms with Gasteiger partial charge in [-0.2, -0.15) is 8.78 Å². The lowest BCUT2D eigenvalue weighted by Gasteiger charge is -2.57. The fourth-order valence-electron chi connectivity index (χ4n) is 9.72. The van der Waals surface area contributed by atoms with Gasteiger partial charge in [0.1, 0.15) is 0 Å². The molecular weight excluding hydrogens is 549 g/mol. The third-order valence-corrected chi connectivity index (χ3v) is 11.9. The van der Waals surface area contributed by atoms with Crippen molar-refractivity contribution >= 4 is 0 Å². The summed E-state index contributed by atoms with van der Waals surface area (Å²) in [6.07, 6.45) is 1.27. The van der Waals surface area contributed by atoms with Crippen LogP contribution < -0.4 is 0 Å². The molecule has 2 saturated heterocycles. The van der Waals surface area contributed by atoms with E-state index in [1.165, 1.54) is 5.57 Å². The van der Waals surface area contributed by atoms with Gasteiger partial charge in [0.05, 0.1) is 37.6 Å². The fourth-order valence-corrected chi connectivity index (χ4v) is 9.72. The van der Waals surface area contributed by atoms with Crippen LogP contribution in [0.15, 0.2) is 47.3 Å². The zero-order chi connectivity index (χ0) is 29.5. The second-order valence-electron chi connectivity index (χ2n) is 13.9. The molecule has 0 amide bonds. The minimum absolute atomic E-state index is 0.00499. The van der Waals surface area contributed by atoms with Gasteiger partial charge in [-0.15, -0.1) is 0 Å². The minimum atomic E-state index is -2.36. The Kier molecular flexibility index (Phi) is 6.82. The van der Waals surface area contributed by atoms with Gasteiger partial charge in [-0.25, -0.2) is 4.39 Å². The highest BCUT2D eigenvalue weighted by Gasteiger charge is 2.65. The highest BCUT2D eigenvalue weighted by atomic mass is 19.3. The summed E-state index contributed by atoms with van der Waals surface area (Å²) in [6, 6.07) is 8.12. The molecule has 2 heterocycles. The second-order valence-corrected chi connectivity index (χ2v) is 13.9. The highest BCUT2D eigenvalue weighted by Crippen LogP contribution is 2.69. The van der Waals surface area contributed by atoms with E-state index in [9.17, 15) is 23.4 Å². The molecule has 1 spiro atoms. The molecule has 42 heavy (non-hydrogen) atoms. The van der Waals surface area contributed by atoms with Crippen LogP contribution in [0.3, 0.4) is 0 Å². The van der Waals surface area contributed by atoms with Gasteiger partial charge in [0.15, 0.2) is 17.4 Å². The van der Waals surface area contributed by atoms with Crippen molar-refractivity contribution in [1.82, 2.24) is 0 Å². The zero-order valence-electron chi connectivity index (χ0n) is 24.4. The Hall–Kier alpha value is -1.75. The van der Waals surface area contributed by atoms with Crippen LogP contribution in [0, 0.1) is 17.3 Å². The number of hydrogen-bond donors (Lipinski definition) is 2. The van der Waals surface area contributed by atoms with Crippen molar-refractivity contribution in [3.8, 4) is 0 Å². The minimum Gasteiger partial charge on any atom is -0.389 e. The first-order valence-corrected chi connectivity index (χ1v) is 15.5. The van der Waals surface area contributed by atoms with Gasteiger partial charge in [-0.3, -0.25) is 0 Å². The number of benzene rings is 1. The molecule has 6 nitrogen and oxygen atoms in total. The predicted octanol–water partition coefficient (Wildman–Crippen LogP) is 6.37. The van der Waals surface area contributed by atoms with E-state index in [2.05, 4.69) is 12.1 Å². The Labute approximate surface area is 244 Å². The van der Waals surface area contributed by atoms with Crippen molar-refractivity contribution in [1.29, 1.82) is 0 Å². The molecule has 2 N–H and O–H groups in total. The molecule has 0 aromatic heterocycles. The van der Waals surface area contributed by atoms with Crippen molar-refractivity contribution in [3.63, 3.8) is 0 Å². The summed E-state index contributed by atoms with van der Waals surface area (Å²) in [5.41, 5.74) is 0.747. The molecule has 230 valence electrons. The molecule has 0 unspecified atom stereocenters. The fraction of sp³-hybridized carbons (Fsp3) is 0.697. The maximum absolute atomic E-state index is 14.4. The second kappa shape index (κ2) is 9.88. The average Bonchev–Trinajstić information content (AvgIpc) is 3.66. The van der Waals surface area contributed by atoms with E-state index < -0.39 is 46.5 Å². The Morgan fingerprint density at radius 1 is 0.881 bits per heavy atom. The lowest BCUT2D eigenvalue weighted by Crippen LogP contribution is -2.55. The molecule has 6 aliphatic rings. The summed E-state index contributed by atoms with van der Waals surface area (Å²) in [7, 11) is 0. The first-order valence-electron chi connectivity index (χ1n) is 15.5. The quantitative estimate of drug-likeness (QED) is 0.397. The number of hydrogen-bond acceptors (Lipinski definition) is 6. The van der Waals surface area contributed by atoms with Gasteiger partial charge in [-0.05, 0) is 68.4 Å². The normalized spacial score (nSPS) is 40.1. The highest BCUT2D eigenvalue weighted by molar-refractivity contribution is 5.45. The van der Waals surface area contributed by atoms with E-state index in [0.717, 1.165) is 16.7 Å². The van der Waals surface area contributed by atoms with Gasteiger partial charge in [0, 0.05) is 36.2 Å². The maximum atomic E-state index is 14.4. The van der Waals surface area contributed by atoms with E-state index in [4.69, 9.17) is 18.9 Å². The van der Waals surface area contributed by atoms with Gasteiger partial charge in [0.2, 0.25) is 0 Å². The molecule has 2 aliphatic heterocycles. The topological polar surface area (TPSA) is 77.4 Å². The van der Waals surface area contributed by atoms with E-state index >= 15 is 0 Å². The summed E-state index contributed by atoms with van der Waals surface area (Å²) in [4.78, 5) is 0. The van der Waals surface area contributed by atoms with Crippen molar-refractivity contribution in [3.05, 3.63) is 58.4 Å². The molecule has 6 atom stereocenters. The van der Waals surface area contributed by atoms with E-state index in [1.54, 1.807) is 0 Å². The van der Waals surface area contributed by atoms with Crippen LogP contribution in [0.2, 0.25) is 0 Å². The van der Waals surface area contributed by atoms with Crippen LogP contribution in [-0.4, -0.2) is 53.6 Å². The standard InChI is InChI=1S/C33H41F3O6/c1-29-17-23(20-3-5-21(6-4-20)30(2)39-13-14-40-30)27-22(24(29)8-11-32(29,38)18-26(34)28(35)36)7-10-31(37)19-33(12-9-25(27)31)41-15-16-42-33/h3-6,22-24,37-38H,7-19H2,1-2H3/t22-,23+,24-,29-,31+,32+/m0/s1. The molecule has 0 bridgehead atoms. The Morgan fingerprint density at radius 3 is 2.21 bits per heavy atom. The Balaban J connectivity index is 1.32. The van der Waals surface area contributed by atoms with Gasteiger partial charge < -0.3 is 29.2 Å². The summed E-state index contributed by atoms with van der Waals surface area (Å²) >= 11 is 0. The summed E-state index contributed by atoms with van der Waals surface area (Å²) in [6.45, 7) is 5.96.